The minimum atomic E-state index is -0.0859. The summed E-state index contributed by atoms with van der Waals surface area (Å²) in [6, 6.07) is 0.441. The molecule has 0 saturated carbocycles. The highest BCUT2D eigenvalue weighted by Gasteiger charge is 2.25. The Hall–Kier alpha value is -0.850. The molecule has 2 N–H and O–H groups in total. The highest BCUT2D eigenvalue weighted by atomic mass is 35.5. The Morgan fingerprint density at radius 3 is 2.50 bits per heavy atom. The normalized spacial score (nSPS) is 17.2. The molecule has 0 spiro atoms. The molecule has 0 radical (unpaired) electrons. The zero-order valence-electron chi connectivity index (χ0n) is 14.1. The van der Waals surface area contributed by atoms with Crippen molar-refractivity contribution in [3.05, 3.63) is 0 Å². The first-order chi connectivity index (χ1) is 10.1. The molecule has 1 heterocycles. The molecule has 1 fully saturated rings. The number of halogens is 1. The van der Waals surface area contributed by atoms with E-state index in [1.165, 1.54) is 4.90 Å². The molecule has 1 rings (SSSR count). The van der Waals surface area contributed by atoms with Gasteiger partial charge in [-0.25, -0.2) is 0 Å². The predicted molar refractivity (Wildman–Crippen MR) is 91.3 cm³/mol. The third-order valence-electron chi connectivity index (χ3n) is 3.78. The standard InChI is InChI=1S/C15H30N4O2.ClH/c1-4-7-17-14(20)11-18(3)15(21)12-19(9-5-2)13-6-8-16-10-13;/h13,16H,4-12H2,1-3H3,(H,17,20);1H. The second-order valence-corrected chi connectivity index (χ2v) is 5.72. The number of likely N-dealkylation sites (N-methyl/N-ethyl adjacent to an activating group) is 1. The van der Waals surface area contributed by atoms with Gasteiger partial charge in [-0.3, -0.25) is 14.5 Å². The first-order valence-electron chi connectivity index (χ1n) is 8.03. The maximum absolute atomic E-state index is 12.3. The lowest BCUT2D eigenvalue weighted by Gasteiger charge is -2.29. The zero-order valence-corrected chi connectivity index (χ0v) is 14.9. The zero-order chi connectivity index (χ0) is 15.7. The van der Waals surface area contributed by atoms with Crippen LogP contribution >= 0.6 is 12.4 Å². The van der Waals surface area contributed by atoms with E-state index in [2.05, 4.69) is 22.5 Å². The van der Waals surface area contributed by atoms with E-state index in [1.54, 1.807) is 7.05 Å². The minimum Gasteiger partial charge on any atom is -0.355 e. The maximum atomic E-state index is 12.3. The summed E-state index contributed by atoms with van der Waals surface area (Å²) >= 11 is 0. The van der Waals surface area contributed by atoms with E-state index >= 15 is 0 Å². The largest absolute Gasteiger partial charge is 0.355 e. The SMILES string of the molecule is CCCNC(=O)CN(C)C(=O)CN(CCC)C1CCNC1.Cl. The predicted octanol–water partition coefficient (Wildman–Crippen LogP) is 0.467. The van der Waals surface area contributed by atoms with Crippen molar-refractivity contribution in [1.82, 2.24) is 20.4 Å². The number of hydrogen-bond donors (Lipinski definition) is 2. The quantitative estimate of drug-likeness (QED) is 0.643. The average molecular weight is 335 g/mol. The van der Waals surface area contributed by atoms with Gasteiger partial charge >= 0.3 is 0 Å². The van der Waals surface area contributed by atoms with E-state index in [0.29, 0.717) is 19.1 Å². The fraction of sp³-hybridized carbons (Fsp3) is 0.867. The van der Waals surface area contributed by atoms with E-state index in [4.69, 9.17) is 0 Å². The first-order valence-corrected chi connectivity index (χ1v) is 8.03. The van der Waals surface area contributed by atoms with Crippen LogP contribution in [0.1, 0.15) is 33.1 Å². The van der Waals surface area contributed by atoms with Gasteiger partial charge < -0.3 is 15.5 Å². The lowest BCUT2D eigenvalue weighted by Crippen LogP contribution is -2.47. The molecular weight excluding hydrogens is 304 g/mol. The third kappa shape index (κ3) is 7.42. The first kappa shape index (κ1) is 21.1. The molecule has 6 nitrogen and oxygen atoms in total. The number of nitrogens with one attached hydrogen (secondary N) is 2. The van der Waals surface area contributed by atoms with Gasteiger partial charge in [-0.15, -0.1) is 12.4 Å². The van der Waals surface area contributed by atoms with Crippen LogP contribution < -0.4 is 10.6 Å². The molecule has 130 valence electrons. The fourth-order valence-corrected chi connectivity index (χ4v) is 2.55. The van der Waals surface area contributed by atoms with Gasteiger partial charge in [0.05, 0.1) is 13.1 Å². The van der Waals surface area contributed by atoms with Crippen molar-refractivity contribution in [2.45, 2.75) is 39.2 Å². The molecule has 1 saturated heterocycles. The molecule has 0 aromatic rings. The highest BCUT2D eigenvalue weighted by Crippen LogP contribution is 2.09. The van der Waals surface area contributed by atoms with E-state index in [0.717, 1.165) is 38.9 Å². The summed E-state index contributed by atoms with van der Waals surface area (Å²) in [6.07, 6.45) is 3.03. The Kier molecular flexibility index (Phi) is 11.2. The Morgan fingerprint density at radius 2 is 1.95 bits per heavy atom. The summed E-state index contributed by atoms with van der Waals surface area (Å²) in [6.45, 7) is 8.24. The van der Waals surface area contributed by atoms with E-state index in [1.807, 2.05) is 6.92 Å². The molecule has 1 unspecified atom stereocenters. The van der Waals surface area contributed by atoms with Crippen molar-refractivity contribution in [1.29, 1.82) is 0 Å². The van der Waals surface area contributed by atoms with Crippen molar-refractivity contribution in [2.75, 3.05) is 46.3 Å². The summed E-state index contributed by atoms with van der Waals surface area (Å²) < 4.78 is 0. The van der Waals surface area contributed by atoms with Gasteiger partial charge in [0, 0.05) is 26.2 Å². The monoisotopic (exact) mass is 334 g/mol. The van der Waals surface area contributed by atoms with Crippen LogP contribution in [0.15, 0.2) is 0 Å². The molecular formula is C15H31ClN4O2. The van der Waals surface area contributed by atoms with Gasteiger partial charge in [-0.1, -0.05) is 13.8 Å². The minimum absolute atomic E-state index is 0. The lowest BCUT2D eigenvalue weighted by atomic mass is 10.2. The summed E-state index contributed by atoms with van der Waals surface area (Å²) in [7, 11) is 1.70. The van der Waals surface area contributed by atoms with Crippen molar-refractivity contribution in [3.8, 4) is 0 Å². The van der Waals surface area contributed by atoms with Crippen molar-refractivity contribution in [2.24, 2.45) is 0 Å². The number of rotatable bonds is 9. The number of carbonyl (C=O) groups is 2. The van der Waals surface area contributed by atoms with E-state index in [-0.39, 0.29) is 30.8 Å². The molecule has 0 aromatic heterocycles. The number of carbonyl (C=O) groups excluding carboxylic acids is 2. The Labute approximate surface area is 140 Å². The topological polar surface area (TPSA) is 64.7 Å². The third-order valence-corrected chi connectivity index (χ3v) is 3.78. The average Bonchev–Trinajstić information content (AvgIpc) is 2.98. The summed E-state index contributed by atoms with van der Waals surface area (Å²) in [4.78, 5) is 27.7. The second kappa shape index (κ2) is 11.7. The van der Waals surface area contributed by atoms with Gasteiger partial charge in [-0.05, 0) is 32.4 Å². The van der Waals surface area contributed by atoms with Crippen molar-refractivity contribution >= 4 is 24.2 Å². The molecule has 0 bridgehead atoms. The Morgan fingerprint density at radius 1 is 1.23 bits per heavy atom. The Bertz CT molecular complexity index is 336. The smallest absolute Gasteiger partial charge is 0.239 e. The number of amides is 2. The van der Waals surface area contributed by atoms with Crippen molar-refractivity contribution < 1.29 is 9.59 Å². The van der Waals surface area contributed by atoms with E-state index in [9.17, 15) is 9.59 Å². The highest BCUT2D eigenvalue weighted by molar-refractivity contribution is 5.85. The van der Waals surface area contributed by atoms with Crippen LogP contribution in [-0.4, -0.2) is 74.0 Å². The number of nitrogens with zero attached hydrogens (tertiary/aromatic N) is 2. The van der Waals surface area contributed by atoms with Crippen LogP contribution in [0.3, 0.4) is 0 Å². The van der Waals surface area contributed by atoms with Crippen LogP contribution in [0.25, 0.3) is 0 Å². The molecule has 1 atom stereocenters. The summed E-state index contributed by atoms with van der Waals surface area (Å²) in [5.41, 5.74) is 0. The van der Waals surface area contributed by atoms with Crippen LogP contribution in [-0.2, 0) is 9.59 Å². The molecule has 0 aliphatic carbocycles. The van der Waals surface area contributed by atoms with Gasteiger partial charge in [0.25, 0.3) is 0 Å². The fourth-order valence-electron chi connectivity index (χ4n) is 2.55. The maximum Gasteiger partial charge on any atom is 0.239 e. The lowest BCUT2D eigenvalue weighted by molar-refractivity contribution is -0.136. The molecule has 0 aromatic carbocycles. The Balaban J connectivity index is 0.00000441. The van der Waals surface area contributed by atoms with Crippen molar-refractivity contribution in [3.63, 3.8) is 0 Å². The molecule has 22 heavy (non-hydrogen) atoms. The molecule has 7 heteroatoms. The molecule has 2 amide bonds. The van der Waals surface area contributed by atoms with Gasteiger partial charge in [0.15, 0.2) is 0 Å². The van der Waals surface area contributed by atoms with Crippen LogP contribution in [0, 0.1) is 0 Å². The van der Waals surface area contributed by atoms with Crippen LogP contribution in [0.5, 0.6) is 0 Å². The van der Waals surface area contributed by atoms with E-state index < -0.39 is 0 Å². The van der Waals surface area contributed by atoms with Gasteiger partial charge in [0.2, 0.25) is 11.8 Å². The van der Waals surface area contributed by atoms with Gasteiger partial charge in [0.1, 0.15) is 0 Å². The summed E-state index contributed by atoms with van der Waals surface area (Å²) in [5, 5.41) is 6.13. The van der Waals surface area contributed by atoms with Gasteiger partial charge in [-0.2, -0.15) is 0 Å². The number of hydrogen-bond acceptors (Lipinski definition) is 4. The second-order valence-electron chi connectivity index (χ2n) is 5.72. The molecule has 1 aliphatic heterocycles. The van der Waals surface area contributed by atoms with Crippen LogP contribution in [0.2, 0.25) is 0 Å². The summed E-state index contributed by atoms with van der Waals surface area (Å²) in [5.74, 6) is -0.0701. The van der Waals surface area contributed by atoms with Crippen LogP contribution in [0.4, 0.5) is 0 Å². The molecule has 1 aliphatic rings.